The van der Waals surface area contributed by atoms with E-state index in [-0.39, 0.29) is 5.43 Å². The van der Waals surface area contributed by atoms with Crippen LogP contribution in [-0.4, -0.2) is 20.7 Å². The van der Waals surface area contributed by atoms with Gasteiger partial charge in [-0.3, -0.25) is 4.79 Å². The summed E-state index contributed by atoms with van der Waals surface area (Å²) >= 11 is 4.94. The Balaban J connectivity index is 2.60. The lowest BCUT2D eigenvalue weighted by Gasteiger charge is -2.25. The molecular weight excluding hydrogens is 234 g/mol. The van der Waals surface area contributed by atoms with E-state index in [1.54, 1.807) is 7.11 Å². The van der Waals surface area contributed by atoms with E-state index in [1.165, 1.54) is 0 Å². The maximum atomic E-state index is 11.6. The first kappa shape index (κ1) is 14.2. The van der Waals surface area contributed by atoms with Crippen LogP contribution in [0.2, 0.25) is 0 Å². The van der Waals surface area contributed by atoms with Crippen molar-refractivity contribution in [2.45, 2.75) is 33.6 Å². The Morgan fingerprint density at radius 1 is 1.35 bits per heavy atom. The molecule has 0 unspecified atom stereocenters. The quantitative estimate of drug-likeness (QED) is 0.757. The summed E-state index contributed by atoms with van der Waals surface area (Å²) in [7, 11) is 3.47. The van der Waals surface area contributed by atoms with E-state index in [2.05, 4.69) is 20.8 Å². The summed E-state index contributed by atoms with van der Waals surface area (Å²) in [5.74, 6) is 0.572. The molecule has 0 aliphatic heterocycles. The predicted octanol–water partition coefficient (Wildman–Crippen LogP) is 2.92. The van der Waals surface area contributed by atoms with Gasteiger partial charge in [0.2, 0.25) is 5.43 Å². The van der Waals surface area contributed by atoms with Gasteiger partial charge in [0.05, 0.1) is 7.11 Å². The molecule has 1 aromatic carbocycles. The van der Waals surface area contributed by atoms with Gasteiger partial charge < -0.3 is 9.64 Å². The Labute approximate surface area is 108 Å². The van der Waals surface area contributed by atoms with Gasteiger partial charge in [0, 0.05) is 13.6 Å². The van der Waals surface area contributed by atoms with Gasteiger partial charge >= 0.3 is 0 Å². The lowest BCUT2D eigenvalue weighted by atomic mass is 9.90. The monoisotopic (exact) mass is 255 g/mol. The third-order valence-corrected chi connectivity index (χ3v) is 3.22. The number of methoxy groups -OCH3 is 1. The van der Waals surface area contributed by atoms with E-state index >= 15 is 0 Å². The van der Waals surface area contributed by atoms with Crippen LogP contribution in [0.5, 0.6) is 5.75 Å². The number of ether oxygens (including phenoxy) is 1. The molecule has 0 aliphatic carbocycles. The molecule has 0 amide bonds. The van der Waals surface area contributed by atoms with Crippen LogP contribution in [-0.2, 0) is 0 Å². The van der Waals surface area contributed by atoms with Crippen LogP contribution in [0.1, 0.15) is 33.6 Å². The van der Waals surface area contributed by atoms with Gasteiger partial charge in [-0.1, -0.05) is 33.0 Å². The minimum Gasteiger partial charge on any atom is -0.493 e. The van der Waals surface area contributed by atoms with Crippen molar-refractivity contribution in [3.05, 3.63) is 14.7 Å². The van der Waals surface area contributed by atoms with Crippen LogP contribution in [0, 0.1) is 9.93 Å². The zero-order valence-electron chi connectivity index (χ0n) is 11.3. The molecule has 0 heterocycles. The van der Waals surface area contributed by atoms with Crippen molar-refractivity contribution in [1.29, 1.82) is 0 Å². The highest BCUT2D eigenvalue weighted by atomic mass is 32.1. The molecule has 0 saturated heterocycles. The maximum absolute atomic E-state index is 11.6. The van der Waals surface area contributed by atoms with Crippen LogP contribution in [0.15, 0.2) is 4.79 Å². The summed E-state index contributed by atoms with van der Waals surface area (Å²) in [5, 5.41) is 0. The van der Waals surface area contributed by atoms with Crippen LogP contribution >= 0.6 is 12.2 Å². The van der Waals surface area contributed by atoms with Gasteiger partial charge in [-0.2, -0.15) is 0 Å². The van der Waals surface area contributed by atoms with Crippen molar-refractivity contribution < 1.29 is 4.74 Å². The molecular formula is C13H21NO2S. The second kappa shape index (κ2) is 5.17. The Kier molecular flexibility index (Phi) is 4.31. The Morgan fingerprint density at radius 2 is 1.94 bits per heavy atom. The molecule has 0 N–H and O–H groups in total. The average molecular weight is 255 g/mol. The summed E-state index contributed by atoms with van der Waals surface area (Å²) in [6.07, 6.45) is 2.19. The smallest absolute Gasteiger partial charge is 0.227 e. The molecule has 0 atom stereocenters. The molecule has 3 nitrogen and oxygen atoms in total. The predicted molar refractivity (Wildman–Crippen MR) is 74.4 cm³/mol. The molecule has 0 saturated carbocycles. The molecule has 96 valence electrons. The second-order valence-corrected chi connectivity index (χ2v) is 6.03. The normalized spacial score (nSPS) is 11.8. The maximum Gasteiger partial charge on any atom is 0.227 e. The van der Waals surface area contributed by atoms with Crippen molar-refractivity contribution in [2.24, 2.45) is 5.41 Å². The van der Waals surface area contributed by atoms with Crippen molar-refractivity contribution in [3.8, 4) is 5.75 Å². The average Bonchev–Trinajstić information content (AvgIpc) is 2.22. The van der Waals surface area contributed by atoms with Gasteiger partial charge in [-0.15, -0.1) is 0 Å². The molecule has 4 heteroatoms. The summed E-state index contributed by atoms with van der Waals surface area (Å²) in [4.78, 5) is 13.6. The minimum atomic E-state index is -0.0601. The number of hydrogen-bond acceptors (Lipinski definition) is 4. The standard InChI is InChI=1S/C13H21NO2S/c1-13(2,3)7-6-8-14(4)9-10(15)12(17)11(9)16-5/h6-8H2,1-5H3. The van der Waals surface area contributed by atoms with Gasteiger partial charge in [0.25, 0.3) is 0 Å². The van der Waals surface area contributed by atoms with Crippen molar-refractivity contribution in [1.82, 2.24) is 0 Å². The Morgan fingerprint density at radius 3 is 2.41 bits per heavy atom. The number of hydrogen-bond donors (Lipinski definition) is 0. The highest BCUT2D eigenvalue weighted by molar-refractivity contribution is 7.71. The van der Waals surface area contributed by atoms with Gasteiger partial charge in [0.15, 0.2) is 5.75 Å². The fraction of sp³-hybridized carbons (Fsp3) is 0.692. The van der Waals surface area contributed by atoms with Crippen molar-refractivity contribution >= 4 is 17.9 Å². The summed E-state index contributed by atoms with van der Waals surface area (Å²) in [5.41, 5.74) is 0.902. The van der Waals surface area contributed by atoms with Crippen LogP contribution < -0.4 is 15.1 Å². The molecule has 0 bridgehead atoms. The van der Waals surface area contributed by atoms with Crippen LogP contribution in [0.25, 0.3) is 0 Å². The van der Waals surface area contributed by atoms with E-state index in [4.69, 9.17) is 17.0 Å². The lowest BCUT2D eigenvalue weighted by molar-refractivity contribution is 0.366. The topological polar surface area (TPSA) is 29.5 Å². The molecule has 0 radical (unpaired) electrons. The highest BCUT2D eigenvalue weighted by Crippen LogP contribution is 2.29. The van der Waals surface area contributed by atoms with E-state index in [0.29, 0.717) is 21.4 Å². The van der Waals surface area contributed by atoms with Gasteiger partial charge in [0.1, 0.15) is 10.2 Å². The highest BCUT2D eigenvalue weighted by Gasteiger charge is 2.22. The third kappa shape index (κ3) is 3.28. The van der Waals surface area contributed by atoms with Gasteiger partial charge in [-0.25, -0.2) is 0 Å². The first-order valence-corrected chi connectivity index (χ1v) is 6.27. The molecule has 0 spiro atoms. The molecule has 0 fully saturated rings. The van der Waals surface area contributed by atoms with E-state index < -0.39 is 0 Å². The molecule has 1 rings (SSSR count). The third-order valence-electron chi connectivity index (χ3n) is 2.85. The van der Waals surface area contributed by atoms with Crippen molar-refractivity contribution in [3.63, 3.8) is 0 Å². The van der Waals surface area contributed by atoms with Crippen LogP contribution in [0.3, 0.4) is 0 Å². The first-order chi connectivity index (χ1) is 7.78. The van der Waals surface area contributed by atoms with E-state index in [1.807, 2.05) is 11.9 Å². The van der Waals surface area contributed by atoms with Crippen molar-refractivity contribution in [2.75, 3.05) is 25.6 Å². The summed E-state index contributed by atoms with van der Waals surface area (Å²) < 4.78 is 5.45. The van der Waals surface area contributed by atoms with E-state index in [9.17, 15) is 4.79 Å². The fourth-order valence-corrected chi connectivity index (χ4v) is 2.13. The first-order valence-electron chi connectivity index (χ1n) is 5.86. The SMILES string of the molecule is COc1c(N(C)CCCC(C)(C)C)c(=O)c1=S. The Bertz CT molecular complexity index is 452. The molecule has 1 aromatic rings. The number of rotatable bonds is 5. The summed E-state index contributed by atoms with van der Waals surface area (Å²) in [6, 6.07) is 0. The molecule has 0 aromatic heterocycles. The zero-order valence-corrected chi connectivity index (χ0v) is 12.1. The summed E-state index contributed by atoms with van der Waals surface area (Å²) in [6.45, 7) is 7.51. The lowest BCUT2D eigenvalue weighted by Crippen LogP contribution is -2.29. The van der Waals surface area contributed by atoms with Crippen LogP contribution in [0.4, 0.5) is 5.69 Å². The molecule has 17 heavy (non-hydrogen) atoms. The second-order valence-electron chi connectivity index (χ2n) is 5.63. The van der Waals surface area contributed by atoms with Gasteiger partial charge in [-0.05, 0) is 18.3 Å². The number of nitrogens with zero attached hydrogens (tertiary/aromatic N) is 1. The van der Waals surface area contributed by atoms with E-state index in [0.717, 1.165) is 19.4 Å². The zero-order chi connectivity index (χ0) is 13.2. The molecule has 0 aliphatic rings. The Hall–Kier alpha value is -0.900. The largest absolute Gasteiger partial charge is 0.493 e. The fourth-order valence-electron chi connectivity index (χ4n) is 1.85. The number of anilines is 1. The minimum absolute atomic E-state index is 0.0601.